The molecule has 0 spiro atoms. The van der Waals surface area contributed by atoms with Crippen LogP contribution in [0.2, 0.25) is 0 Å². The Kier molecular flexibility index (Phi) is 3.97. The third kappa shape index (κ3) is 3.09. The van der Waals surface area contributed by atoms with Gasteiger partial charge in [-0.25, -0.2) is 13.4 Å². The van der Waals surface area contributed by atoms with Crippen LogP contribution in [0, 0.1) is 0 Å². The van der Waals surface area contributed by atoms with Gasteiger partial charge in [0, 0.05) is 17.6 Å². The van der Waals surface area contributed by atoms with Crippen LogP contribution in [-0.2, 0) is 27.6 Å². The van der Waals surface area contributed by atoms with Gasteiger partial charge < -0.3 is 4.74 Å². The van der Waals surface area contributed by atoms with Gasteiger partial charge in [-0.3, -0.25) is 4.72 Å². The first kappa shape index (κ1) is 14.5. The maximum atomic E-state index is 11.9. The van der Waals surface area contributed by atoms with E-state index in [0.717, 1.165) is 29.0 Å². The second-order valence-corrected chi connectivity index (χ2v) is 7.79. The molecule has 1 N–H and O–H groups in total. The van der Waals surface area contributed by atoms with Gasteiger partial charge in [0.1, 0.15) is 0 Å². The van der Waals surface area contributed by atoms with Crippen LogP contribution < -0.4 is 4.72 Å². The number of aromatic nitrogens is 1. The summed E-state index contributed by atoms with van der Waals surface area (Å²) in [5, 5.41) is 0.438. The van der Waals surface area contributed by atoms with Crippen molar-refractivity contribution in [3.8, 4) is 11.3 Å². The highest BCUT2D eigenvalue weighted by Gasteiger charge is 2.22. The van der Waals surface area contributed by atoms with Crippen molar-refractivity contribution in [3.63, 3.8) is 0 Å². The fraction of sp³-hybridized carbons (Fsp3) is 0.357. The molecule has 0 bridgehead atoms. The molecule has 3 rings (SSSR count). The van der Waals surface area contributed by atoms with Crippen molar-refractivity contribution >= 4 is 26.5 Å². The fourth-order valence-electron chi connectivity index (χ4n) is 2.37. The van der Waals surface area contributed by atoms with Gasteiger partial charge in [0.15, 0.2) is 5.13 Å². The Balaban J connectivity index is 1.88. The molecule has 0 fully saturated rings. The zero-order valence-electron chi connectivity index (χ0n) is 11.6. The molecule has 0 amide bonds. The van der Waals surface area contributed by atoms with Gasteiger partial charge in [-0.15, -0.1) is 11.3 Å². The van der Waals surface area contributed by atoms with Crippen LogP contribution >= 0.6 is 11.3 Å². The standard InChI is InChI=1S/C14H16N2O3S2/c1-19-8-9-21(17,18)16-14-15-13-11-5-3-2-4-10(11)6-7-12(13)20-14/h2-5H,6-9H2,1H3,(H,15,16). The largest absolute Gasteiger partial charge is 0.384 e. The smallest absolute Gasteiger partial charge is 0.236 e. The van der Waals surface area contributed by atoms with Gasteiger partial charge in [0.2, 0.25) is 10.0 Å². The van der Waals surface area contributed by atoms with Crippen molar-refractivity contribution in [2.75, 3.05) is 24.2 Å². The molecule has 0 saturated heterocycles. The highest BCUT2D eigenvalue weighted by Crippen LogP contribution is 2.38. The van der Waals surface area contributed by atoms with E-state index in [1.54, 1.807) is 0 Å². The number of methoxy groups -OCH3 is 1. The number of anilines is 1. The number of aryl methyl sites for hydroxylation is 2. The minimum Gasteiger partial charge on any atom is -0.384 e. The van der Waals surface area contributed by atoms with E-state index in [1.165, 1.54) is 24.0 Å². The van der Waals surface area contributed by atoms with Gasteiger partial charge >= 0.3 is 0 Å². The number of benzene rings is 1. The third-order valence-corrected chi connectivity index (χ3v) is 5.76. The second kappa shape index (κ2) is 5.75. The molecule has 21 heavy (non-hydrogen) atoms. The predicted molar refractivity (Wildman–Crippen MR) is 84.2 cm³/mol. The monoisotopic (exact) mass is 324 g/mol. The summed E-state index contributed by atoms with van der Waals surface area (Å²) in [5.41, 5.74) is 3.28. The van der Waals surface area contributed by atoms with E-state index in [0.29, 0.717) is 5.13 Å². The average Bonchev–Trinajstić information content (AvgIpc) is 2.87. The van der Waals surface area contributed by atoms with Crippen molar-refractivity contribution in [3.05, 3.63) is 34.7 Å². The summed E-state index contributed by atoms with van der Waals surface area (Å²) >= 11 is 1.42. The van der Waals surface area contributed by atoms with E-state index >= 15 is 0 Å². The van der Waals surface area contributed by atoms with E-state index in [9.17, 15) is 8.42 Å². The molecule has 0 atom stereocenters. The van der Waals surface area contributed by atoms with Crippen molar-refractivity contribution in [1.82, 2.24) is 4.98 Å². The Morgan fingerprint density at radius 1 is 1.33 bits per heavy atom. The lowest BCUT2D eigenvalue weighted by Gasteiger charge is -2.13. The SMILES string of the molecule is COCCS(=O)(=O)Nc1nc2c(s1)CCc1ccccc1-2. The summed E-state index contributed by atoms with van der Waals surface area (Å²) in [6.45, 7) is 0.170. The summed E-state index contributed by atoms with van der Waals surface area (Å²) in [7, 11) is -1.92. The van der Waals surface area contributed by atoms with Crippen LogP contribution in [-0.4, -0.2) is 32.9 Å². The summed E-state index contributed by atoms with van der Waals surface area (Å²) in [5.74, 6) is -0.0651. The summed E-state index contributed by atoms with van der Waals surface area (Å²) in [6, 6.07) is 8.14. The van der Waals surface area contributed by atoms with Crippen molar-refractivity contribution in [2.24, 2.45) is 0 Å². The van der Waals surface area contributed by atoms with Gasteiger partial charge in [-0.2, -0.15) is 0 Å². The molecule has 112 valence electrons. The maximum absolute atomic E-state index is 11.9. The van der Waals surface area contributed by atoms with Crippen molar-refractivity contribution in [2.45, 2.75) is 12.8 Å². The van der Waals surface area contributed by atoms with Crippen molar-refractivity contribution < 1.29 is 13.2 Å². The average molecular weight is 324 g/mol. The minimum atomic E-state index is -3.40. The van der Waals surface area contributed by atoms with Crippen LogP contribution in [0.3, 0.4) is 0 Å². The quantitative estimate of drug-likeness (QED) is 0.916. The molecule has 5 nitrogen and oxygen atoms in total. The molecule has 1 aliphatic rings. The highest BCUT2D eigenvalue weighted by molar-refractivity contribution is 7.92. The van der Waals surface area contributed by atoms with Gasteiger partial charge in [0.05, 0.1) is 18.1 Å². The van der Waals surface area contributed by atoms with Gasteiger partial charge in [-0.1, -0.05) is 24.3 Å². The lowest BCUT2D eigenvalue weighted by Crippen LogP contribution is -2.19. The van der Waals surface area contributed by atoms with E-state index in [1.807, 2.05) is 18.2 Å². The molecule has 1 aromatic carbocycles. The van der Waals surface area contributed by atoms with Crippen LogP contribution in [0.15, 0.2) is 24.3 Å². The second-order valence-electron chi connectivity index (χ2n) is 4.86. The zero-order valence-corrected chi connectivity index (χ0v) is 13.3. The molecule has 0 saturated carbocycles. The summed E-state index contributed by atoms with van der Waals surface area (Å²) in [4.78, 5) is 5.61. The Hall–Kier alpha value is -1.44. The first-order valence-corrected chi connectivity index (χ1v) is 9.13. The van der Waals surface area contributed by atoms with E-state index < -0.39 is 10.0 Å². The number of hydrogen-bond acceptors (Lipinski definition) is 5. The predicted octanol–water partition coefficient (Wildman–Crippen LogP) is 2.30. The summed E-state index contributed by atoms with van der Waals surface area (Å²) in [6.07, 6.45) is 1.88. The molecule has 7 heteroatoms. The van der Waals surface area contributed by atoms with E-state index in [-0.39, 0.29) is 12.4 Å². The Bertz CT molecular complexity index is 753. The first-order valence-electron chi connectivity index (χ1n) is 6.66. The highest BCUT2D eigenvalue weighted by atomic mass is 32.2. The van der Waals surface area contributed by atoms with Crippen LogP contribution in [0.4, 0.5) is 5.13 Å². The molecule has 0 aliphatic heterocycles. The normalized spacial score (nSPS) is 13.6. The van der Waals surface area contributed by atoms with Gasteiger partial charge in [0.25, 0.3) is 0 Å². The molecule has 0 unspecified atom stereocenters. The number of thiazole rings is 1. The Morgan fingerprint density at radius 2 is 2.14 bits per heavy atom. The molecule has 2 aromatic rings. The fourth-order valence-corrected chi connectivity index (χ4v) is 4.54. The molecular weight excluding hydrogens is 308 g/mol. The van der Waals surface area contributed by atoms with Crippen LogP contribution in [0.25, 0.3) is 11.3 Å². The molecular formula is C14H16N2O3S2. The van der Waals surface area contributed by atoms with Crippen LogP contribution in [0.5, 0.6) is 0 Å². The number of nitrogens with one attached hydrogen (secondary N) is 1. The number of sulfonamides is 1. The van der Waals surface area contributed by atoms with Gasteiger partial charge in [-0.05, 0) is 18.4 Å². The van der Waals surface area contributed by atoms with E-state index in [2.05, 4.69) is 15.8 Å². The third-order valence-electron chi connectivity index (χ3n) is 3.39. The zero-order chi connectivity index (χ0) is 14.9. The summed E-state index contributed by atoms with van der Waals surface area (Å²) < 4.78 is 31.1. The number of rotatable bonds is 5. The molecule has 1 heterocycles. The molecule has 1 aromatic heterocycles. The lowest BCUT2D eigenvalue weighted by atomic mass is 9.94. The Labute approximate surface area is 128 Å². The lowest BCUT2D eigenvalue weighted by molar-refractivity contribution is 0.217. The van der Waals surface area contributed by atoms with Crippen molar-refractivity contribution in [1.29, 1.82) is 0 Å². The van der Waals surface area contributed by atoms with E-state index in [4.69, 9.17) is 4.74 Å². The maximum Gasteiger partial charge on any atom is 0.236 e. The molecule has 0 radical (unpaired) electrons. The number of hydrogen-bond donors (Lipinski definition) is 1. The number of ether oxygens (including phenoxy) is 1. The number of nitrogens with zero attached hydrogens (tertiary/aromatic N) is 1. The topological polar surface area (TPSA) is 68.3 Å². The minimum absolute atomic E-state index is 0.0651. The Morgan fingerprint density at radius 3 is 2.95 bits per heavy atom. The van der Waals surface area contributed by atoms with Crippen LogP contribution in [0.1, 0.15) is 10.4 Å². The molecule has 1 aliphatic carbocycles. The first-order chi connectivity index (χ1) is 10.1. The number of fused-ring (bicyclic) bond motifs is 3.